The standard InChI is InChI=1S/C15H9BrF3NO/c16-8-1-2-12(18)11(5-8)15(21)20-4-3-10-13(19)6-9(17)7-14(10)20/h1-2,5-7H,3-4H2. The minimum Gasteiger partial charge on any atom is -0.307 e. The summed E-state index contributed by atoms with van der Waals surface area (Å²) in [6.45, 7) is 0.195. The van der Waals surface area contributed by atoms with Gasteiger partial charge in [-0.3, -0.25) is 4.79 Å². The lowest BCUT2D eigenvalue weighted by atomic mass is 10.1. The summed E-state index contributed by atoms with van der Waals surface area (Å²) in [6.07, 6.45) is 0.281. The highest BCUT2D eigenvalue weighted by Crippen LogP contribution is 2.32. The van der Waals surface area contributed by atoms with Crippen LogP contribution in [0.25, 0.3) is 0 Å². The first kappa shape index (κ1) is 14.1. The van der Waals surface area contributed by atoms with Crippen molar-refractivity contribution in [2.45, 2.75) is 6.42 Å². The Morgan fingerprint density at radius 1 is 1.10 bits per heavy atom. The normalized spacial score (nSPS) is 13.4. The van der Waals surface area contributed by atoms with Gasteiger partial charge in [0.15, 0.2) is 0 Å². The molecule has 21 heavy (non-hydrogen) atoms. The van der Waals surface area contributed by atoms with Gasteiger partial charge in [0, 0.05) is 22.6 Å². The zero-order chi connectivity index (χ0) is 15.1. The third-order valence-electron chi connectivity index (χ3n) is 3.42. The second-order valence-corrected chi connectivity index (χ2v) is 5.63. The van der Waals surface area contributed by atoms with E-state index in [1.54, 1.807) is 0 Å². The number of rotatable bonds is 1. The third kappa shape index (κ3) is 2.44. The first-order valence-electron chi connectivity index (χ1n) is 6.22. The predicted octanol–water partition coefficient (Wildman–Crippen LogP) is 4.07. The lowest BCUT2D eigenvalue weighted by Gasteiger charge is -2.18. The van der Waals surface area contributed by atoms with E-state index in [1.807, 2.05) is 0 Å². The molecular weight excluding hydrogens is 347 g/mol. The van der Waals surface area contributed by atoms with Gasteiger partial charge in [0.1, 0.15) is 17.5 Å². The highest BCUT2D eigenvalue weighted by atomic mass is 79.9. The lowest BCUT2D eigenvalue weighted by molar-refractivity contribution is 0.0985. The summed E-state index contributed by atoms with van der Waals surface area (Å²) in [5.74, 6) is -2.73. The molecule has 0 saturated carbocycles. The molecule has 2 nitrogen and oxygen atoms in total. The van der Waals surface area contributed by atoms with E-state index in [0.717, 1.165) is 12.1 Å². The summed E-state index contributed by atoms with van der Waals surface area (Å²) in [6, 6.07) is 5.88. The summed E-state index contributed by atoms with van der Waals surface area (Å²) >= 11 is 3.17. The van der Waals surface area contributed by atoms with Crippen molar-refractivity contribution in [3.05, 3.63) is 63.4 Å². The van der Waals surface area contributed by atoms with Crippen LogP contribution in [-0.4, -0.2) is 12.5 Å². The van der Waals surface area contributed by atoms with Crippen molar-refractivity contribution in [1.29, 1.82) is 0 Å². The molecule has 0 spiro atoms. The summed E-state index contributed by atoms with van der Waals surface area (Å²) in [5.41, 5.74) is 0.305. The molecular formula is C15H9BrF3NO. The number of anilines is 1. The molecule has 3 rings (SSSR count). The fraction of sp³-hybridized carbons (Fsp3) is 0.133. The highest BCUT2D eigenvalue weighted by molar-refractivity contribution is 9.10. The van der Waals surface area contributed by atoms with E-state index in [0.29, 0.717) is 4.47 Å². The fourth-order valence-corrected chi connectivity index (χ4v) is 2.80. The molecule has 0 fully saturated rings. The molecule has 0 bridgehead atoms. The van der Waals surface area contributed by atoms with E-state index in [4.69, 9.17) is 0 Å². The molecule has 0 saturated heterocycles. The van der Waals surface area contributed by atoms with Crippen LogP contribution in [0.4, 0.5) is 18.9 Å². The number of amides is 1. The van der Waals surface area contributed by atoms with Gasteiger partial charge in [-0.15, -0.1) is 0 Å². The number of carbonyl (C=O) groups is 1. The number of nitrogens with zero attached hydrogens (tertiary/aromatic N) is 1. The van der Waals surface area contributed by atoms with Crippen molar-refractivity contribution >= 4 is 27.5 Å². The van der Waals surface area contributed by atoms with Crippen LogP contribution in [0.1, 0.15) is 15.9 Å². The maximum atomic E-state index is 13.8. The first-order chi connectivity index (χ1) is 9.97. The zero-order valence-electron chi connectivity index (χ0n) is 10.7. The summed E-state index contributed by atoms with van der Waals surface area (Å²) < 4.78 is 41.4. The van der Waals surface area contributed by atoms with Crippen molar-refractivity contribution in [3.8, 4) is 0 Å². The Hall–Kier alpha value is -1.82. The molecule has 1 amide bonds. The maximum absolute atomic E-state index is 13.8. The van der Waals surface area contributed by atoms with E-state index in [9.17, 15) is 18.0 Å². The van der Waals surface area contributed by atoms with Crippen LogP contribution < -0.4 is 4.90 Å². The molecule has 2 aromatic carbocycles. The fourth-order valence-electron chi connectivity index (χ4n) is 2.44. The Kier molecular flexibility index (Phi) is 3.49. The Morgan fingerprint density at radius 3 is 2.62 bits per heavy atom. The predicted molar refractivity (Wildman–Crippen MR) is 75.8 cm³/mol. The number of carbonyl (C=O) groups excluding carboxylic acids is 1. The summed E-state index contributed by atoms with van der Waals surface area (Å²) in [4.78, 5) is 13.6. The number of hydrogen-bond donors (Lipinski definition) is 0. The average molecular weight is 356 g/mol. The van der Waals surface area contributed by atoms with Gasteiger partial charge >= 0.3 is 0 Å². The molecule has 1 aliphatic rings. The molecule has 0 unspecified atom stereocenters. The van der Waals surface area contributed by atoms with Crippen LogP contribution >= 0.6 is 15.9 Å². The monoisotopic (exact) mass is 355 g/mol. The molecule has 2 aromatic rings. The Balaban J connectivity index is 2.05. The molecule has 0 radical (unpaired) electrons. The topological polar surface area (TPSA) is 20.3 Å². The van der Waals surface area contributed by atoms with Crippen LogP contribution in [-0.2, 0) is 6.42 Å². The van der Waals surface area contributed by atoms with Gasteiger partial charge in [-0.25, -0.2) is 13.2 Å². The van der Waals surface area contributed by atoms with E-state index >= 15 is 0 Å². The van der Waals surface area contributed by atoms with Crippen molar-refractivity contribution in [1.82, 2.24) is 0 Å². The van der Waals surface area contributed by atoms with Gasteiger partial charge in [-0.05, 0) is 30.7 Å². The molecule has 0 N–H and O–H groups in total. The number of benzene rings is 2. The lowest BCUT2D eigenvalue weighted by Crippen LogP contribution is -2.29. The average Bonchev–Trinajstić information content (AvgIpc) is 2.84. The minimum absolute atomic E-state index is 0.137. The quantitative estimate of drug-likeness (QED) is 0.755. The van der Waals surface area contributed by atoms with Crippen molar-refractivity contribution < 1.29 is 18.0 Å². The second-order valence-electron chi connectivity index (χ2n) is 4.72. The van der Waals surface area contributed by atoms with E-state index < -0.39 is 23.4 Å². The van der Waals surface area contributed by atoms with Crippen LogP contribution in [0, 0.1) is 17.5 Å². The molecule has 0 aromatic heterocycles. The smallest absolute Gasteiger partial charge is 0.261 e. The van der Waals surface area contributed by atoms with E-state index in [-0.39, 0.29) is 29.8 Å². The Labute approximate surface area is 127 Å². The van der Waals surface area contributed by atoms with Gasteiger partial charge in [0.05, 0.1) is 11.3 Å². The third-order valence-corrected chi connectivity index (χ3v) is 3.91. The van der Waals surface area contributed by atoms with Gasteiger partial charge < -0.3 is 4.90 Å². The summed E-state index contributed by atoms with van der Waals surface area (Å²) in [7, 11) is 0. The number of halogens is 4. The van der Waals surface area contributed by atoms with Crippen LogP contribution in [0.5, 0.6) is 0 Å². The first-order valence-corrected chi connectivity index (χ1v) is 7.01. The van der Waals surface area contributed by atoms with Crippen LogP contribution in [0.3, 0.4) is 0 Å². The van der Waals surface area contributed by atoms with Crippen molar-refractivity contribution in [2.24, 2.45) is 0 Å². The van der Waals surface area contributed by atoms with Gasteiger partial charge in [-0.2, -0.15) is 0 Å². The van der Waals surface area contributed by atoms with Crippen molar-refractivity contribution in [2.75, 3.05) is 11.4 Å². The SMILES string of the molecule is O=C(c1cc(Br)ccc1F)N1CCc2c(F)cc(F)cc21. The highest BCUT2D eigenvalue weighted by Gasteiger charge is 2.30. The molecule has 108 valence electrons. The Morgan fingerprint density at radius 2 is 1.86 bits per heavy atom. The van der Waals surface area contributed by atoms with E-state index in [1.165, 1.54) is 23.1 Å². The minimum atomic E-state index is -0.763. The number of fused-ring (bicyclic) bond motifs is 1. The Bertz CT molecular complexity index is 748. The second kappa shape index (κ2) is 5.18. The molecule has 0 aliphatic carbocycles. The van der Waals surface area contributed by atoms with Crippen LogP contribution in [0.2, 0.25) is 0 Å². The van der Waals surface area contributed by atoms with Gasteiger partial charge in [0.25, 0.3) is 5.91 Å². The zero-order valence-corrected chi connectivity index (χ0v) is 12.3. The molecule has 1 heterocycles. The van der Waals surface area contributed by atoms with Gasteiger partial charge in [-0.1, -0.05) is 15.9 Å². The maximum Gasteiger partial charge on any atom is 0.261 e. The molecule has 6 heteroatoms. The molecule has 0 atom stereocenters. The molecule has 1 aliphatic heterocycles. The van der Waals surface area contributed by atoms with E-state index in [2.05, 4.69) is 15.9 Å². The van der Waals surface area contributed by atoms with Crippen molar-refractivity contribution in [3.63, 3.8) is 0 Å². The van der Waals surface area contributed by atoms with Crippen LogP contribution in [0.15, 0.2) is 34.8 Å². The summed E-state index contributed by atoms with van der Waals surface area (Å²) in [5, 5.41) is 0. The largest absolute Gasteiger partial charge is 0.307 e. The number of hydrogen-bond acceptors (Lipinski definition) is 1. The van der Waals surface area contributed by atoms with Gasteiger partial charge in [0.2, 0.25) is 0 Å².